The highest BCUT2D eigenvalue weighted by molar-refractivity contribution is 5.89. The molecule has 1 aliphatic heterocycles. The van der Waals surface area contributed by atoms with Crippen LogP contribution in [0.5, 0.6) is 0 Å². The Bertz CT molecular complexity index is 995. The second-order valence-electron chi connectivity index (χ2n) is 9.46. The van der Waals surface area contributed by atoms with Crippen molar-refractivity contribution in [3.8, 4) is 0 Å². The van der Waals surface area contributed by atoms with E-state index in [-0.39, 0.29) is 5.82 Å². The summed E-state index contributed by atoms with van der Waals surface area (Å²) in [6.45, 7) is 3.99. The summed E-state index contributed by atoms with van der Waals surface area (Å²) in [4.78, 5) is 32.2. The van der Waals surface area contributed by atoms with Crippen LogP contribution in [0.1, 0.15) is 37.2 Å². The van der Waals surface area contributed by atoms with Gasteiger partial charge in [-0.25, -0.2) is 23.9 Å². The number of carboxylic acid groups (broad SMARTS) is 2. The summed E-state index contributed by atoms with van der Waals surface area (Å²) in [6.07, 6.45) is 9.10. The molecule has 2 heterocycles. The van der Waals surface area contributed by atoms with Gasteiger partial charge in [-0.3, -0.25) is 4.90 Å². The fourth-order valence-corrected chi connectivity index (χ4v) is 5.78. The molecule has 0 radical (unpaired) electrons. The molecule has 0 spiro atoms. The molecule has 2 aliphatic carbocycles. The van der Waals surface area contributed by atoms with Gasteiger partial charge in [-0.1, -0.05) is 30.3 Å². The van der Waals surface area contributed by atoms with Crippen LogP contribution in [-0.4, -0.2) is 69.2 Å². The van der Waals surface area contributed by atoms with Crippen LogP contribution in [0.4, 0.5) is 10.3 Å². The third kappa shape index (κ3) is 6.63. The van der Waals surface area contributed by atoms with E-state index in [2.05, 4.69) is 50.1 Å². The monoisotopic (exact) mass is 482 g/mol. The smallest absolute Gasteiger partial charge is 0.328 e. The Morgan fingerprint density at radius 3 is 1.91 bits per heavy atom. The van der Waals surface area contributed by atoms with Gasteiger partial charge >= 0.3 is 11.9 Å². The summed E-state index contributed by atoms with van der Waals surface area (Å²) in [5.41, 5.74) is 1.54. The minimum atomic E-state index is -1.26. The lowest BCUT2D eigenvalue weighted by Gasteiger charge is -2.38. The van der Waals surface area contributed by atoms with E-state index in [4.69, 9.17) is 10.2 Å². The Balaban J connectivity index is 0.000000314. The number of aliphatic carboxylic acids is 2. The molecular weight excluding hydrogens is 451 g/mol. The summed E-state index contributed by atoms with van der Waals surface area (Å²) in [7, 11) is 0. The van der Waals surface area contributed by atoms with Gasteiger partial charge in [-0.15, -0.1) is 0 Å². The molecule has 3 aliphatic rings. The van der Waals surface area contributed by atoms with Crippen molar-refractivity contribution in [2.75, 3.05) is 31.1 Å². The van der Waals surface area contributed by atoms with Gasteiger partial charge in [0.25, 0.3) is 0 Å². The van der Waals surface area contributed by atoms with Crippen molar-refractivity contribution in [1.29, 1.82) is 0 Å². The molecule has 2 atom stereocenters. The van der Waals surface area contributed by atoms with Crippen LogP contribution in [-0.2, 0) is 9.59 Å². The van der Waals surface area contributed by atoms with E-state index in [1.807, 2.05) is 0 Å². The average Bonchev–Trinajstić information content (AvgIpc) is 3.44. The van der Waals surface area contributed by atoms with Crippen LogP contribution < -0.4 is 4.90 Å². The zero-order valence-corrected chi connectivity index (χ0v) is 19.5. The number of carbonyl (C=O) groups is 2. The van der Waals surface area contributed by atoms with Crippen molar-refractivity contribution >= 4 is 17.9 Å². The largest absolute Gasteiger partial charge is 0.478 e. The molecule has 1 saturated heterocycles. The first-order chi connectivity index (χ1) is 16.9. The number of nitrogens with zero attached hydrogens (tertiary/aromatic N) is 4. The highest BCUT2D eigenvalue weighted by Gasteiger charge is 2.44. The minimum Gasteiger partial charge on any atom is -0.478 e. The van der Waals surface area contributed by atoms with Crippen LogP contribution >= 0.6 is 0 Å². The van der Waals surface area contributed by atoms with Gasteiger partial charge in [0.05, 0.1) is 12.4 Å². The summed E-state index contributed by atoms with van der Waals surface area (Å²) < 4.78 is 13.0. The molecule has 2 unspecified atom stereocenters. The Hall–Kier alpha value is -3.33. The van der Waals surface area contributed by atoms with Crippen molar-refractivity contribution < 1.29 is 24.2 Å². The van der Waals surface area contributed by atoms with E-state index < -0.39 is 11.9 Å². The molecule has 2 saturated carbocycles. The van der Waals surface area contributed by atoms with Crippen LogP contribution in [0.25, 0.3) is 0 Å². The molecule has 2 aromatic rings. The van der Waals surface area contributed by atoms with Gasteiger partial charge in [0.1, 0.15) is 0 Å². The van der Waals surface area contributed by atoms with Gasteiger partial charge in [-0.2, -0.15) is 0 Å². The van der Waals surface area contributed by atoms with Crippen LogP contribution in [0, 0.1) is 17.7 Å². The molecule has 5 rings (SSSR count). The summed E-state index contributed by atoms with van der Waals surface area (Å²) >= 11 is 0. The average molecular weight is 483 g/mol. The molecule has 35 heavy (non-hydrogen) atoms. The quantitative estimate of drug-likeness (QED) is 0.625. The highest BCUT2D eigenvalue weighted by atomic mass is 19.1. The SMILES string of the molecule is Fc1cnc(N2CCN(C3CC4CC(c5ccccc5)CC4C3)CC2)nc1.O=C(O)/C=C/C(=O)O. The first kappa shape index (κ1) is 24.8. The fraction of sp³-hybridized carbons (Fsp3) is 0.462. The molecule has 186 valence electrons. The number of rotatable bonds is 5. The summed E-state index contributed by atoms with van der Waals surface area (Å²) in [5.74, 6) is 0.348. The second-order valence-corrected chi connectivity index (χ2v) is 9.46. The van der Waals surface area contributed by atoms with Crippen LogP contribution in [0.2, 0.25) is 0 Å². The molecule has 9 heteroatoms. The number of benzene rings is 1. The van der Waals surface area contributed by atoms with E-state index in [1.54, 1.807) is 0 Å². The van der Waals surface area contributed by atoms with Gasteiger partial charge in [0, 0.05) is 44.4 Å². The topological polar surface area (TPSA) is 107 Å². The Labute approximate surface area is 204 Å². The maximum Gasteiger partial charge on any atom is 0.328 e. The lowest BCUT2D eigenvalue weighted by atomic mass is 9.94. The van der Waals surface area contributed by atoms with E-state index in [0.29, 0.717) is 18.1 Å². The van der Waals surface area contributed by atoms with Gasteiger partial charge in [0.2, 0.25) is 5.95 Å². The third-order valence-electron chi connectivity index (χ3n) is 7.35. The molecule has 8 nitrogen and oxygen atoms in total. The first-order valence-electron chi connectivity index (χ1n) is 12.0. The first-order valence-corrected chi connectivity index (χ1v) is 12.0. The van der Waals surface area contributed by atoms with Crippen molar-refractivity contribution in [3.05, 3.63) is 66.3 Å². The second kappa shape index (κ2) is 11.4. The minimum absolute atomic E-state index is 0.372. The number of anilines is 1. The van der Waals surface area contributed by atoms with Crippen LogP contribution in [0.3, 0.4) is 0 Å². The zero-order valence-electron chi connectivity index (χ0n) is 19.5. The van der Waals surface area contributed by atoms with E-state index >= 15 is 0 Å². The molecule has 0 bridgehead atoms. The highest BCUT2D eigenvalue weighted by Crippen LogP contribution is 2.51. The van der Waals surface area contributed by atoms with Gasteiger partial charge < -0.3 is 15.1 Å². The van der Waals surface area contributed by atoms with Crippen molar-refractivity contribution in [2.24, 2.45) is 11.8 Å². The Kier molecular flexibility index (Phi) is 8.07. The maximum atomic E-state index is 13.0. The number of fused-ring (bicyclic) bond motifs is 1. The van der Waals surface area contributed by atoms with Gasteiger partial charge in [0.15, 0.2) is 5.82 Å². The number of hydrogen-bond donors (Lipinski definition) is 2. The third-order valence-corrected chi connectivity index (χ3v) is 7.35. The van der Waals surface area contributed by atoms with Crippen molar-refractivity contribution in [2.45, 2.75) is 37.6 Å². The normalized spacial score (nSPS) is 26.3. The molecular formula is C26H31FN4O4. The lowest BCUT2D eigenvalue weighted by Crippen LogP contribution is -2.50. The number of halogens is 1. The lowest BCUT2D eigenvalue weighted by molar-refractivity contribution is -0.134. The van der Waals surface area contributed by atoms with Gasteiger partial charge in [-0.05, 0) is 49.0 Å². The maximum absolute atomic E-state index is 13.0. The predicted molar refractivity (Wildman–Crippen MR) is 129 cm³/mol. The molecule has 3 fully saturated rings. The molecule has 2 N–H and O–H groups in total. The summed E-state index contributed by atoms with van der Waals surface area (Å²) in [6, 6.07) is 11.8. The zero-order chi connectivity index (χ0) is 24.8. The standard InChI is InChI=1S/C22H27FN4.C4H4O4/c23-20-14-24-22(25-15-20)27-8-6-26(7-9-27)21-12-18-10-17(11-19(18)13-21)16-4-2-1-3-5-16;5-3(6)1-2-4(7)8/h1-5,14-15,17-19,21H,6-13H2;1-2H,(H,5,6)(H,7,8)/b;2-1+. The summed E-state index contributed by atoms with van der Waals surface area (Å²) in [5, 5.41) is 15.6. The van der Waals surface area contributed by atoms with E-state index in [1.165, 1.54) is 43.6 Å². The number of piperazine rings is 1. The van der Waals surface area contributed by atoms with E-state index in [9.17, 15) is 14.0 Å². The number of carboxylic acids is 2. The Morgan fingerprint density at radius 1 is 0.857 bits per heavy atom. The molecule has 1 aromatic carbocycles. The van der Waals surface area contributed by atoms with Crippen LogP contribution in [0.15, 0.2) is 54.9 Å². The van der Waals surface area contributed by atoms with Crippen molar-refractivity contribution in [3.63, 3.8) is 0 Å². The molecule has 1 aromatic heterocycles. The number of hydrogen-bond acceptors (Lipinski definition) is 6. The fourth-order valence-electron chi connectivity index (χ4n) is 5.78. The molecule has 0 amide bonds. The predicted octanol–water partition coefficient (Wildman–Crippen LogP) is 3.42. The van der Waals surface area contributed by atoms with Crippen molar-refractivity contribution in [1.82, 2.24) is 14.9 Å². The number of aromatic nitrogens is 2. The Morgan fingerprint density at radius 2 is 1.40 bits per heavy atom. The van der Waals surface area contributed by atoms with E-state index in [0.717, 1.165) is 50.0 Å².